The largest absolute Gasteiger partial charge is 0.484 e. The monoisotopic (exact) mass is 295 g/mol. The van der Waals surface area contributed by atoms with Crippen LogP contribution in [0.25, 0.3) is 10.8 Å². The molecule has 3 aromatic rings. The Balaban J connectivity index is 1.61. The first-order valence-electron chi connectivity index (χ1n) is 6.88. The first-order valence-corrected chi connectivity index (χ1v) is 6.88. The van der Waals surface area contributed by atoms with Gasteiger partial charge in [-0.1, -0.05) is 30.3 Å². The smallest absolute Gasteiger partial charge is 0.262 e. The van der Waals surface area contributed by atoms with Crippen molar-refractivity contribution in [3.63, 3.8) is 0 Å². The molecule has 0 atom stereocenters. The summed E-state index contributed by atoms with van der Waals surface area (Å²) >= 11 is 0. The van der Waals surface area contributed by atoms with Crippen molar-refractivity contribution in [2.45, 2.75) is 0 Å². The lowest BCUT2D eigenvalue weighted by Crippen LogP contribution is -2.20. The van der Waals surface area contributed by atoms with E-state index in [0.29, 0.717) is 11.4 Å². The second kappa shape index (κ2) is 6.26. The third-order valence-corrected chi connectivity index (χ3v) is 3.22. The summed E-state index contributed by atoms with van der Waals surface area (Å²) in [5.41, 5.74) is 0.714. The van der Waals surface area contributed by atoms with Crippen LogP contribution in [0.4, 0.5) is 10.1 Å². The van der Waals surface area contributed by atoms with Crippen LogP contribution in [0, 0.1) is 5.82 Å². The molecule has 0 saturated heterocycles. The number of hydrogen-bond acceptors (Lipinski definition) is 2. The fraction of sp³-hybridized carbons (Fsp3) is 0.0556. The van der Waals surface area contributed by atoms with Gasteiger partial charge in [0, 0.05) is 5.69 Å². The van der Waals surface area contributed by atoms with E-state index in [-0.39, 0.29) is 18.3 Å². The maximum atomic E-state index is 12.8. The summed E-state index contributed by atoms with van der Waals surface area (Å²) in [6.07, 6.45) is 0. The summed E-state index contributed by atoms with van der Waals surface area (Å²) in [5, 5.41) is 4.95. The number of carbonyl (C=O) groups excluding carboxylic acids is 1. The summed E-state index contributed by atoms with van der Waals surface area (Å²) in [4.78, 5) is 11.9. The van der Waals surface area contributed by atoms with Gasteiger partial charge in [0.05, 0.1) is 0 Å². The standard InChI is InChI=1S/C18H14FNO2/c19-15-6-9-17(10-7-15)22-12-18(21)20-16-8-5-13-3-1-2-4-14(13)11-16/h1-11H,12H2,(H,20,21). The minimum atomic E-state index is -0.340. The fourth-order valence-corrected chi connectivity index (χ4v) is 2.14. The number of nitrogens with one attached hydrogen (secondary N) is 1. The van der Waals surface area contributed by atoms with Crippen LogP contribution in [0.2, 0.25) is 0 Å². The van der Waals surface area contributed by atoms with Gasteiger partial charge in [-0.2, -0.15) is 0 Å². The Kier molecular flexibility index (Phi) is 4.01. The van der Waals surface area contributed by atoms with E-state index in [1.165, 1.54) is 24.3 Å². The van der Waals surface area contributed by atoms with E-state index in [9.17, 15) is 9.18 Å². The van der Waals surface area contributed by atoms with E-state index in [1.807, 2.05) is 42.5 Å². The first-order chi connectivity index (χ1) is 10.7. The van der Waals surface area contributed by atoms with Crippen molar-refractivity contribution in [3.05, 3.63) is 72.5 Å². The molecular formula is C18H14FNO2. The Morgan fingerprint density at radius 3 is 2.45 bits per heavy atom. The van der Waals surface area contributed by atoms with Crippen LogP contribution in [-0.4, -0.2) is 12.5 Å². The van der Waals surface area contributed by atoms with E-state index in [4.69, 9.17) is 4.74 Å². The lowest BCUT2D eigenvalue weighted by molar-refractivity contribution is -0.118. The number of rotatable bonds is 4. The summed E-state index contributed by atoms with van der Waals surface area (Å²) in [5.74, 6) is -0.150. The molecule has 0 aliphatic carbocycles. The van der Waals surface area contributed by atoms with Crippen LogP contribution in [0.3, 0.4) is 0 Å². The molecule has 4 heteroatoms. The van der Waals surface area contributed by atoms with E-state index in [0.717, 1.165) is 10.8 Å². The molecule has 1 N–H and O–H groups in total. The maximum absolute atomic E-state index is 12.8. The highest BCUT2D eigenvalue weighted by Crippen LogP contribution is 2.19. The predicted octanol–water partition coefficient (Wildman–Crippen LogP) is 4.00. The molecule has 3 nitrogen and oxygen atoms in total. The molecule has 0 heterocycles. The number of ether oxygens (including phenoxy) is 1. The van der Waals surface area contributed by atoms with Gasteiger partial charge in [0.25, 0.3) is 5.91 Å². The fourth-order valence-electron chi connectivity index (χ4n) is 2.14. The highest BCUT2D eigenvalue weighted by atomic mass is 19.1. The Morgan fingerprint density at radius 2 is 1.68 bits per heavy atom. The van der Waals surface area contributed by atoms with Crippen LogP contribution in [0.5, 0.6) is 5.75 Å². The molecule has 0 bridgehead atoms. The zero-order chi connectivity index (χ0) is 15.4. The Hall–Kier alpha value is -2.88. The van der Waals surface area contributed by atoms with Gasteiger partial charge in [0.2, 0.25) is 0 Å². The lowest BCUT2D eigenvalue weighted by Gasteiger charge is -2.08. The average molecular weight is 295 g/mol. The SMILES string of the molecule is O=C(COc1ccc(F)cc1)Nc1ccc2ccccc2c1. The topological polar surface area (TPSA) is 38.3 Å². The van der Waals surface area contributed by atoms with Crippen LogP contribution in [-0.2, 0) is 4.79 Å². The third-order valence-electron chi connectivity index (χ3n) is 3.22. The highest BCUT2D eigenvalue weighted by molar-refractivity contribution is 5.95. The molecule has 0 spiro atoms. The van der Waals surface area contributed by atoms with Crippen molar-refractivity contribution in [2.75, 3.05) is 11.9 Å². The number of amides is 1. The van der Waals surface area contributed by atoms with Gasteiger partial charge < -0.3 is 10.1 Å². The normalized spacial score (nSPS) is 10.4. The van der Waals surface area contributed by atoms with Gasteiger partial charge >= 0.3 is 0 Å². The average Bonchev–Trinajstić information content (AvgIpc) is 2.54. The van der Waals surface area contributed by atoms with Gasteiger partial charge in [-0.15, -0.1) is 0 Å². The van der Waals surface area contributed by atoms with E-state index in [1.54, 1.807) is 0 Å². The zero-order valence-corrected chi connectivity index (χ0v) is 11.8. The van der Waals surface area contributed by atoms with E-state index >= 15 is 0 Å². The Bertz CT molecular complexity index is 800. The Labute approximate surface area is 127 Å². The van der Waals surface area contributed by atoms with Gasteiger partial charge in [0.15, 0.2) is 6.61 Å². The van der Waals surface area contributed by atoms with Crippen molar-refractivity contribution in [1.82, 2.24) is 0 Å². The molecule has 0 aliphatic rings. The molecule has 0 aromatic heterocycles. The van der Waals surface area contributed by atoms with Crippen LogP contribution in [0.1, 0.15) is 0 Å². The number of carbonyl (C=O) groups is 1. The third kappa shape index (κ3) is 3.41. The Morgan fingerprint density at radius 1 is 0.955 bits per heavy atom. The molecule has 22 heavy (non-hydrogen) atoms. The van der Waals surface area contributed by atoms with Gasteiger partial charge in [-0.05, 0) is 47.2 Å². The molecule has 110 valence electrons. The van der Waals surface area contributed by atoms with E-state index < -0.39 is 0 Å². The molecule has 3 aromatic carbocycles. The lowest BCUT2D eigenvalue weighted by atomic mass is 10.1. The highest BCUT2D eigenvalue weighted by Gasteiger charge is 2.04. The van der Waals surface area contributed by atoms with Crippen molar-refractivity contribution >= 4 is 22.4 Å². The maximum Gasteiger partial charge on any atom is 0.262 e. The molecule has 0 unspecified atom stereocenters. The molecular weight excluding hydrogens is 281 g/mol. The zero-order valence-electron chi connectivity index (χ0n) is 11.8. The molecule has 1 amide bonds. The molecule has 0 radical (unpaired) electrons. The first kappa shape index (κ1) is 14.1. The second-order valence-corrected chi connectivity index (χ2v) is 4.85. The van der Waals surface area contributed by atoms with Crippen LogP contribution < -0.4 is 10.1 Å². The molecule has 0 aliphatic heterocycles. The summed E-state index contributed by atoms with van der Waals surface area (Å²) in [7, 11) is 0. The molecule has 0 saturated carbocycles. The predicted molar refractivity (Wildman–Crippen MR) is 84.5 cm³/mol. The minimum Gasteiger partial charge on any atom is -0.484 e. The van der Waals surface area contributed by atoms with Crippen LogP contribution in [0.15, 0.2) is 66.7 Å². The van der Waals surface area contributed by atoms with Gasteiger partial charge in [0.1, 0.15) is 11.6 Å². The van der Waals surface area contributed by atoms with Crippen molar-refractivity contribution < 1.29 is 13.9 Å². The molecule has 3 rings (SSSR count). The number of hydrogen-bond donors (Lipinski definition) is 1. The summed E-state index contributed by atoms with van der Waals surface area (Å²) < 4.78 is 18.1. The number of fused-ring (bicyclic) bond motifs is 1. The van der Waals surface area contributed by atoms with Gasteiger partial charge in [-0.25, -0.2) is 4.39 Å². The minimum absolute atomic E-state index is 0.127. The second-order valence-electron chi connectivity index (χ2n) is 4.85. The van der Waals surface area contributed by atoms with Crippen molar-refractivity contribution in [1.29, 1.82) is 0 Å². The quantitative estimate of drug-likeness (QED) is 0.790. The number of anilines is 1. The van der Waals surface area contributed by atoms with Crippen molar-refractivity contribution in [3.8, 4) is 5.75 Å². The van der Waals surface area contributed by atoms with E-state index in [2.05, 4.69) is 5.32 Å². The molecule has 0 fully saturated rings. The summed E-state index contributed by atoms with van der Waals surface area (Å²) in [6, 6.07) is 19.2. The number of benzene rings is 3. The van der Waals surface area contributed by atoms with Gasteiger partial charge in [-0.3, -0.25) is 4.79 Å². The van der Waals surface area contributed by atoms with Crippen LogP contribution >= 0.6 is 0 Å². The number of halogens is 1. The van der Waals surface area contributed by atoms with Crippen molar-refractivity contribution in [2.24, 2.45) is 0 Å². The summed E-state index contributed by atoms with van der Waals surface area (Å²) in [6.45, 7) is -0.127.